The summed E-state index contributed by atoms with van der Waals surface area (Å²) in [5.74, 6) is 3.51. The van der Waals surface area contributed by atoms with E-state index >= 15 is 0 Å². The lowest BCUT2D eigenvalue weighted by Gasteiger charge is -2.17. The number of rotatable bonds is 8. The van der Waals surface area contributed by atoms with E-state index in [0.717, 1.165) is 23.1 Å². The third-order valence-corrected chi connectivity index (χ3v) is 5.21. The minimum absolute atomic E-state index is 0.0803. The van der Waals surface area contributed by atoms with E-state index in [1.54, 1.807) is 6.08 Å². The summed E-state index contributed by atoms with van der Waals surface area (Å²) in [6, 6.07) is 11.1. The highest BCUT2D eigenvalue weighted by Gasteiger charge is 2.20. The summed E-state index contributed by atoms with van der Waals surface area (Å²) < 4.78 is 11.6. The molecule has 1 fully saturated rings. The molecule has 0 bridgehead atoms. The van der Waals surface area contributed by atoms with E-state index in [0.29, 0.717) is 42.5 Å². The molecule has 8 heteroatoms. The van der Waals surface area contributed by atoms with Crippen molar-refractivity contribution in [3.8, 4) is 18.1 Å². The largest absolute Gasteiger partial charge is 0.486 e. The number of aromatic nitrogens is 2. The van der Waals surface area contributed by atoms with Crippen LogP contribution in [-0.4, -0.2) is 60.7 Å². The van der Waals surface area contributed by atoms with E-state index in [2.05, 4.69) is 26.5 Å². The Bertz CT molecular complexity index is 1240. The van der Waals surface area contributed by atoms with Crippen LogP contribution in [0.1, 0.15) is 12.0 Å². The van der Waals surface area contributed by atoms with Crippen molar-refractivity contribution >= 4 is 34.0 Å². The predicted molar refractivity (Wildman–Crippen MR) is 133 cm³/mol. The number of carbonyl (C=O) groups is 1. The lowest BCUT2D eigenvalue weighted by Crippen LogP contribution is -2.18. The van der Waals surface area contributed by atoms with Crippen LogP contribution in [0.2, 0.25) is 0 Å². The van der Waals surface area contributed by atoms with Gasteiger partial charge in [0.05, 0.1) is 24.4 Å². The summed E-state index contributed by atoms with van der Waals surface area (Å²) in [5, 5.41) is 6.97. The summed E-state index contributed by atoms with van der Waals surface area (Å²) in [5.41, 5.74) is 2.78. The number of nitrogens with one attached hydrogen (secondary N) is 2. The summed E-state index contributed by atoms with van der Waals surface area (Å²) >= 11 is 0. The van der Waals surface area contributed by atoms with Crippen molar-refractivity contribution in [3.05, 3.63) is 60.4 Å². The van der Waals surface area contributed by atoms with Crippen LogP contribution in [0.5, 0.6) is 5.75 Å². The minimum Gasteiger partial charge on any atom is -0.486 e. The lowest BCUT2D eigenvalue weighted by molar-refractivity contribution is -0.111. The fraction of sp³-hybridized carbons (Fsp3) is 0.269. The molecule has 2 heterocycles. The second-order valence-corrected chi connectivity index (χ2v) is 8.20. The SMILES string of the molecule is C#Cc1cccc(Nc2ncnc3cc(OC4CCOC4)c(NC(=O)/C=C/CN(C)C)cc23)c1. The minimum atomic E-state index is -0.248. The van der Waals surface area contributed by atoms with Crippen molar-refractivity contribution in [2.45, 2.75) is 12.5 Å². The lowest BCUT2D eigenvalue weighted by atomic mass is 10.1. The van der Waals surface area contributed by atoms with E-state index in [-0.39, 0.29) is 12.0 Å². The first kappa shape index (κ1) is 23.2. The van der Waals surface area contributed by atoms with E-state index in [1.807, 2.05) is 55.4 Å². The number of ether oxygens (including phenoxy) is 2. The number of terminal acetylenes is 1. The highest BCUT2D eigenvalue weighted by atomic mass is 16.5. The second kappa shape index (κ2) is 10.8. The molecule has 1 amide bonds. The molecule has 3 aromatic rings. The fourth-order valence-corrected chi connectivity index (χ4v) is 3.53. The number of carbonyl (C=O) groups excluding carboxylic acids is 1. The Morgan fingerprint density at radius 2 is 2.21 bits per heavy atom. The van der Waals surface area contributed by atoms with Crippen molar-refractivity contribution in [1.29, 1.82) is 0 Å². The quantitative estimate of drug-likeness (QED) is 0.395. The van der Waals surface area contributed by atoms with Crippen LogP contribution in [0, 0.1) is 12.3 Å². The van der Waals surface area contributed by atoms with Gasteiger partial charge < -0.3 is 25.0 Å². The Kier molecular flexibility index (Phi) is 7.38. The van der Waals surface area contributed by atoms with Crippen LogP contribution >= 0.6 is 0 Å². The highest BCUT2D eigenvalue weighted by molar-refractivity contribution is 6.03. The van der Waals surface area contributed by atoms with Crippen LogP contribution in [-0.2, 0) is 9.53 Å². The Hall–Kier alpha value is -3.93. The number of amides is 1. The molecule has 174 valence electrons. The molecule has 1 atom stereocenters. The van der Waals surface area contributed by atoms with Crippen LogP contribution in [0.3, 0.4) is 0 Å². The number of likely N-dealkylation sites (N-methyl/N-ethyl adjacent to an activating group) is 1. The standard InChI is InChI=1S/C26H27N5O3/c1-4-18-7-5-8-19(13-18)29-26-21-14-23(30-25(32)9-6-11-31(2)3)24(15-22(21)27-17-28-26)34-20-10-12-33-16-20/h1,5-9,13-15,17,20H,10-12,16H2,2-3H3,(H,30,32)(H,27,28,29)/b9-6+. The monoisotopic (exact) mass is 457 g/mol. The van der Waals surface area contributed by atoms with Crippen LogP contribution < -0.4 is 15.4 Å². The smallest absolute Gasteiger partial charge is 0.248 e. The van der Waals surface area contributed by atoms with Gasteiger partial charge in [0, 0.05) is 41.7 Å². The number of hydrogen-bond acceptors (Lipinski definition) is 7. The summed E-state index contributed by atoms with van der Waals surface area (Å²) in [7, 11) is 3.88. The van der Waals surface area contributed by atoms with Crippen molar-refractivity contribution in [1.82, 2.24) is 14.9 Å². The van der Waals surface area contributed by atoms with Gasteiger partial charge >= 0.3 is 0 Å². The fourth-order valence-electron chi connectivity index (χ4n) is 3.53. The molecule has 1 aliphatic rings. The van der Waals surface area contributed by atoms with Crippen molar-refractivity contribution in [2.24, 2.45) is 0 Å². The molecular formula is C26H27N5O3. The van der Waals surface area contributed by atoms with Crippen LogP contribution in [0.4, 0.5) is 17.2 Å². The average Bonchev–Trinajstić information content (AvgIpc) is 3.33. The van der Waals surface area contributed by atoms with E-state index in [9.17, 15) is 4.79 Å². The van der Waals surface area contributed by atoms with Gasteiger partial charge in [-0.05, 0) is 38.4 Å². The van der Waals surface area contributed by atoms with Gasteiger partial charge in [-0.15, -0.1) is 6.42 Å². The molecule has 0 aliphatic carbocycles. The van der Waals surface area contributed by atoms with Gasteiger partial charge in [0.15, 0.2) is 0 Å². The first-order valence-corrected chi connectivity index (χ1v) is 11.0. The van der Waals surface area contributed by atoms with Crippen LogP contribution in [0.15, 0.2) is 54.9 Å². The molecular weight excluding hydrogens is 430 g/mol. The Labute approximate surface area is 199 Å². The second-order valence-electron chi connectivity index (χ2n) is 8.20. The highest BCUT2D eigenvalue weighted by Crippen LogP contribution is 2.34. The maximum atomic E-state index is 12.6. The number of nitrogens with zero attached hydrogens (tertiary/aromatic N) is 3. The van der Waals surface area contributed by atoms with Crippen molar-refractivity contribution in [3.63, 3.8) is 0 Å². The third-order valence-electron chi connectivity index (χ3n) is 5.21. The van der Waals surface area contributed by atoms with Crippen molar-refractivity contribution < 1.29 is 14.3 Å². The maximum Gasteiger partial charge on any atom is 0.248 e. The molecule has 4 rings (SSSR count). The molecule has 1 saturated heterocycles. The van der Waals surface area contributed by atoms with Gasteiger partial charge in [-0.1, -0.05) is 18.1 Å². The molecule has 1 aromatic heterocycles. The molecule has 8 nitrogen and oxygen atoms in total. The Balaban J connectivity index is 1.68. The maximum absolute atomic E-state index is 12.6. The molecule has 0 saturated carbocycles. The molecule has 2 N–H and O–H groups in total. The first-order chi connectivity index (χ1) is 16.5. The molecule has 2 aromatic carbocycles. The van der Waals surface area contributed by atoms with Gasteiger partial charge in [-0.3, -0.25) is 4.79 Å². The number of benzene rings is 2. The predicted octanol–water partition coefficient (Wildman–Crippen LogP) is 3.58. The van der Waals surface area contributed by atoms with Crippen LogP contribution in [0.25, 0.3) is 10.9 Å². The Morgan fingerprint density at radius 3 is 2.97 bits per heavy atom. The number of anilines is 3. The zero-order valence-electron chi connectivity index (χ0n) is 19.2. The van der Waals surface area contributed by atoms with E-state index < -0.39 is 0 Å². The van der Waals surface area contributed by atoms with E-state index in [4.69, 9.17) is 15.9 Å². The molecule has 1 aliphatic heterocycles. The zero-order chi connectivity index (χ0) is 23.9. The topological polar surface area (TPSA) is 88.6 Å². The average molecular weight is 458 g/mol. The molecule has 1 unspecified atom stereocenters. The number of fused-ring (bicyclic) bond motifs is 1. The molecule has 0 spiro atoms. The molecule has 34 heavy (non-hydrogen) atoms. The third kappa shape index (κ3) is 5.90. The number of hydrogen-bond donors (Lipinski definition) is 2. The Morgan fingerprint density at radius 1 is 1.32 bits per heavy atom. The van der Waals surface area contributed by atoms with Gasteiger partial charge in [0.1, 0.15) is 24.0 Å². The van der Waals surface area contributed by atoms with Gasteiger partial charge in [0.2, 0.25) is 5.91 Å². The van der Waals surface area contributed by atoms with Gasteiger partial charge in [0.25, 0.3) is 0 Å². The summed E-state index contributed by atoms with van der Waals surface area (Å²) in [4.78, 5) is 23.4. The summed E-state index contributed by atoms with van der Waals surface area (Å²) in [6.45, 7) is 1.82. The van der Waals surface area contributed by atoms with Crippen molar-refractivity contribution in [2.75, 3.05) is 44.5 Å². The van der Waals surface area contributed by atoms with Gasteiger partial charge in [-0.2, -0.15) is 0 Å². The van der Waals surface area contributed by atoms with E-state index in [1.165, 1.54) is 12.4 Å². The molecule has 0 radical (unpaired) electrons. The summed E-state index contributed by atoms with van der Waals surface area (Å²) in [6.07, 6.45) is 11.0. The van der Waals surface area contributed by atoms with Gasteiger partial charge in [-0.25, -0.2) is 9.97 Å². The zero-order valence-corrected chi connectivity index (χ0v) is 19.2. The first-order valence-electron chi connectivity index (χ1n) is 11.0. The normalized spacial score (nSPS) is 15.5.